The predicted molar refractivity (Wildman–Crippen MR) is 125 cm³/mol. The maximum Gasteiger partial charge on any atom is 0.249 e. The molecule has 3 heterocycles. The molecular formula is C24H26F3N7O. The number of nitrogens with zero attached hydrogens (tertiary/aromatic N) is 6. The molecule has 184 valence electrons. The molecule has 0 saturated heterocycles. The van der Waals surface area contributed by atoms with Gasteiger partial charge in [-0.25, -0.2) is 18.2 Å². The number of hydrogen-bond donors (Lipinski definition) is 1. The van der Waals surface area contributed by atoms with Gasteiger partial charge in [-0.15, -0.1) is 0 Å². The molecule has 1 aliphatic heterocycles. The molecule has 11 heteroatoms. The van der Waals surface area contributed by atoms with Gasteiger partial charge in [0.15, 0.2) is 23.3 Å². The molecule has 2 aliphatic rings. The zero-order valence-corrected chi connectivity index (χ0v) is 19.5. The van der Waals surface area contributed by atoms with Crippen LogP contribution in [0.3, 0.4) is 0 Å². The third kappa shape index (κ3) is 4.67. The van der Waals surface area contributed by atoms with Crippen molar-refractivity contribution in [2.24, 2.45) is 5.92 Å². The van der Waals surface area contributed by atoms with Crippen molar-refractivity contribution < 1.29 is 18.0 Å². The van der Waals surface area contributed by atoms with Crippen LogP contribution in [0.25, 0.3) is 0 Å². The summed E-state index contributed by atoms with van der Waals surface area (Å²) in [6, 6.07) is 1.67. The quantitative estimate of drug-likeness (QED) is 0.490. The Labute approximate surface area is 200 Å². The Bertz CT molecular complexity index is 1240. The second kappa shape index (κ2) is 9.20. The molecule has 0 radical (unpaired) electrons. The van der Waals surface area contributed by atoms with Crippen LogP contribution in [0.15, 0.2) is 30.7 Å². The Morgan fingerprint density at radius 2 is 1.86 bits per heavy atom. The molecule has 0 unspecified atom stereocenters. The van der Waals surface area contributed by atoms with Crippen LogP contribution in [-0.2, 0) is 17.9 Å². The number of hydrogen-bond acceptors (Lipinski definition) is 6. The number of fused-ring (bicyclic) bond motifs is 1. The van der Waals surface area contributed by atoms with E-state index in [1.807, 2.05) is 6.92 Å². The third-order valence-corrected chi connectivity index (χ3v) is 6.44. The lowest BCUT2D eigenvalue weighted by Crippen LogP contribution is -2.53. The molecule has 1 amide bonds. The average molecular weight is 486 g/mol. The van der Waals surface area contributed by atoms with Crippen LogP contribution in [0.4, 0.5) is 30.6 Å². The van der Waals surface area contributed by atoms with Crippen LogP contribution < -0.4 is 15.1 Å². The van der Waals surface area contributed by atoms with Crippen molar-refractivity contribution in [3.05, 3.63) is 59.3 Å². The molecule has 3 aromatic rings. The Balaban J connectivity index is 1.30. The van der Waals surface area contributed by atoms with Gasteiger partial charge in [-0.1, -0.05) is 6.92 Å². The van der Waals surface area contributed by atoms with Gasteiger partial charge in [0.1, 0.15) is 11.7 Å². The van der Waals surface area contributed by atoms with Gasteiger partial charge in [-0.2, -0.15) is 10.1 Å². The number of nitrogens with one attached hydrogen (secondary N) is 1. The number of carbonyl (C=O) groups is 1. The van der Waals surface area contributed by atoms with Crippen molar-refractivity contribution in [3.63, 3.8) is 0 Å². The fourth-order valence-corrected chi connectivity index (χ4v) is 4.36. The minimum absolute atomic E-state index is 0.0540. The van der Waals surface area contributed by atoms with E-state index in [2.05, 4.69) is 20.3 Å². The second-order valence-electron chi connectivity index (χ2n) is 9.09. The fourth-order valence-electron chi connectivity index (χ4n) is 4.36. The van der Waals surface area contributed by atoms with Crippen LogP contribution in [0.2, 0.25) is 0 Å². The van der Waals surface area contributed by atoms with Crippen LogP contribution in [-0.4, -0.2) is 45.3 Å². The number of halogens is 3. The molecule has 1 fully saturated rings. The number of amides is 1. The van der Waals surface area contributed by atoms with Crippen molar-refractivity contribution in [2.45, 2.75) is 45.3 Å². The van der Waals surface area contributed by atoms with E-state index < -0.39 is 17.5 Å². The number of benzene rings is 1. The van der Waals surface area contributed by atoms with Crippen LogP contribution in [0, 0.1) is 23.4 Å². The SMILES string of the molecule is CC[C@H]1C(=O)N(C)c2cnc(NCc3cnn(Cc4cc(F)c(F)c(F)c4)c3)nc2N1CC1CC1. The number of likely N-dealkylation sites (N-methyl/N-ethyl adjacent to an activating group) is 1. The molecule has 1 atom stereocenters. The fraction of sp³-hybridized carbons (Fsp3) is 0.417. The van der Waals surface area contributed by atoms with E-state index in [1.54, 1.807) is 30.5 Å². The maximum absolute atomic E-state index is 13.5. The Kier molecular flexibility index (Phi) is 6.08. The van der Waals surface area contributed by atoms with E-state index >= 15 is 0 Å². The predicted octanol–water partition coefficient (Wildman–Crippen LogP) is 3.72. The van der Waals surface area contributed by atoms with E-state index in [-0.39, 0.29) is 24.1 Å². The van der Waals surface area contributed by atoms with E-state index in [0.29, 0.717) is 30.5 Å². The monoisotopic (exact) mass is 485 g/mol. The standard InChI is InChI=1S/C24H26F3N7O/c1-3-19-23(35)32(2)20-10-29-24(31-22(20)34(19)13-14-4-5-14)28-8-16-9-30-33(12-16)11-15-6-17(25)21(27)18(26)7-15/h6-7,9-10,12,14,19H,3-5,8,11,13H2,1-2H3,(H,28,29,31)/t19-/m0/s1. The van der Waals surface area contributed by atoms with Crippen molar-refractivity contribution in [3.8, 4) is 0 Å². The highest BCUT2D eigenvalue weighted by atomic mass is 19.2. The smallest absolute Gasteiger partial charge is 0.249 e. The van der Waals surface area contributed by atoms with E-state index in [1.165, 1.54) is 17.5 Å². The van der Waals surface area contributed by atoms with Crippen molar-refractivity contribution in [1.29, 1.82) is 0 Å². The average Bonchev–Trinajstić information content (AvgIpc) is 3.56. The molecular weight excluding hydrogens is 459 g/mol. The van der Waals surface area contributed by atoms with E-state index in [9.17, 15) is 18.0 Å². The van der Waals surface area contributed by atoms with Crippen LogP contribution in [0.5, 0.6) is 0 Å². The van der Waals surface area contributed by atoms with Gasteiger partial charge in [0.25, 0.3) is 0 Å². The molecule has 0 bridgehead atoms. The molecule has 1 aliphatic carbocycles. The molecule has 2 aromatic heterocycles. The maximum atomic E-state index is 13.5. The van der Waals surface area contributed by atoms with Crippen molar-refractivity contribution in [1.82, 2.24) is 19.7 Å². The van der Waals surface area contributed by atoms with Gasteiger partial charge >= 0.3 is 0 Å². The number of anilines is 3. The number of rotatable bonds is 8. The summed E-state index contributed by atoms with van der Waals surface area (Å²) in [6.45, 7) is 3.28. The normalized spacial score (nSPS) is 17.6. The van der Waals surface area contributed by atoms with Crippen LogP contribution in [0.1, 0.15) is 37.3 Å². The lowest BCUT2D eigenvalue weighted by molar-refractivity contribution is -0.120. The first-order valence-electron chi connectivity index (χ1n) is 11.6. The second-order valence-corrected chi connectivity index (χ2v) is 9.09. The molecule has 0 spiro atoms. The van der Waals surface area contributed by atoms with Gasteiger partial charge in [-0.05, 0) is 42.9 Å². The Morgan fingerprint density at radius 3 is 2.54 bits per heavy atom. The molecule has 35 heavy (non-hydrogen) atoms. The first kappa shape index (κ1) is 23.1. The molecule has 1 saturated carbocycles. The Morgan fingerprint density at radius 1 is 1.11 bits per heavy atom. The Hall–Kier alpha value is -3.63. The highest BCUT2D eigenvalue weighted by molar-refractivity contribution is 6.04. The van der Waals surface area contributed by atoms with E-state index in [4.69, 9.17) is 4.98 Å². The summed E-state index contributed by atoms with van der Waals surface area (Å²) in [4.78, 5) is 25.7. The molecule has 8 nitrogen and oxygen atoms in total. The highest BCUT2D eigenvalue weighted by Crippen LogP contribution is 2.39. The minimum Gasteiger partial charge on any atom is -0.350 e. The first-order chi connectivity index (χ1) is 16.8. The topological polar surface area (TPSA) is 79.2 Å². The van der Waals surface area contributed by atoms with Gasteiger partial charge in [0, 0.05) is 31.9 Å². The van der Waals surface area contributed by atoms with E-state index in [0.717, 1.165) is 30.1 Å². The summed E-state index contributed by atoms with van der Waals surface area (Å²) in [7, 11) is 1.75. The van der Waals surface area contributed by atoms with Crippen LogP contribution >= 0.6 is 0 Å². The van der Waals surface area contributed by atoms with Crippen molar-refractivity contribution >= 4 is 23.4 Å². The highest BCUT2D eigenvalue weighted by Gasteiger charge is 2.39. The molecule has 5 rings (SSSR count). The summed E-state index contributed by atoms with van der Waals surface area (Å²) in [5.74, 6) is -2.12. The minimum atomic E-state index is -1.49. The molecule has 1 N–H and O–H groups in total. The van der Waals surface area contributed by atoms with Crippen molar-refractivity contribution in [2.75, 3.05) is 28.7 Å². The summed E-state index contributed by atoms with van der Waals surface area (Å²) < 4.78 is 41.6. The first-order valence-corrected chi connectivity index (χ1v) is 11.6. The zero-order valence-electron chi connectivity index (χ0n) is 19.5. The summed E-state index contributed by atoms with van der Waals surface area (Å²) in [5.41, 5.74) is 1.77. The number of carbonyl (C=O) groups excluding carboxylic acids is 1. The van der Waals surface area contributed by atoms with Gasteiger partial charge in [0.05, 0.1) is 18.9 Å². The third-order valence-electron chi connectivity index (χ3n) is 6.44. The largest absolute Gasteiger partial charge is 0.350 e. The lowest BCUT2D eigenvalue weighted by atomic mass is 10.1. The van der Waals surface area contributed by atoms with Gasteiger partial charge in [-0.3, -0.25) is 9.48 Å². The molecule has 1 aromatic carbocycles. The zero-order chi connectivity index (χ0) is 24.7. The summed E-state index contributed by atoms with van der Waals surface area (Å²) in [5, 5.41) is 7.40. The number of aromatic nitrogens is 4. The lowest BCUT2D eigenvalue weighted by Gasteiger charge is -2.40. The summed E-state index contributed by atoms with van der Waals surface area (Å²) in [6.07, 6.45) is 8.05. The van der Waals surface area contributed by atoms with Gasteiger partial charge in [0.2, 0.25) is 11.9 Å². The van der Waals surface area contributed by atoms with Gasteiger partial charge < -0.3 is 15.1 Å². The summed E-state index contributed by atoms with van der Waals surface area (Å²) >= 11 is 0.